The van der Waals surface area contributed by atoms with Gasteiger partial charge >= 0.3 is 0 Å². The fraction of sp³-hybridized carbons (Fsp3) is 0.565. The molecule has 1 aliphatic rings. The molecule has 29 heavy (non-hydrogen) atoms. The number of aryl methyl sites for hydroxylation is 2. The van der Waals surface area contributed by atoms with E-state index in [1.165, 1.54) is 11.1 Å². The highest BCUT2D eigenvalue weighted by molar-refractivity contribution is 5.77. The summed E-state index contributed by atoms with van der Waals surface area (Å²) in [5.41, 5.74) is 2.35. The highest BCUT2D eigenvalue weighted by Gasteiger charge is 2.23. The molecule has 2 heterocycles. The molecule has 0 unspecified atom stereocenters. The third-order valence-corrected chi connectivity index (χ3v) is 5.43. The molecule has 0 spiro atoms. The van der Waals surface area contributed by atoms with Crippen LogP contribution in [0.25, 0.3) is 0 Å². The van der Waals surface area contributed by atoms with Crippen LogP contribution < -0.4 is 4.74 Å². The summed E-state index contributed by atoms with van der Waals surface area (Å²) in [6.07, 6.45) is 2.76. The van der Waals surface area contributed by atoms with Gasteiger partial charge in [-0.3, -0.25) is 9.69 Å². The predicted octanol–water partition coefficient (Wildman–Crippen LogP) is 3.70. The molecule has 3 rings (SSSR count). The van der Waals surface area contributed by atoms with E-state index in [1.54, 1.807) is 0 Å². The van der Waals surface area contributed by atoms with Crippen LogP contribution in [0.4, 0.5) is 0 Å². The van der Waals surface area contributed by atoms with E-state index in [2.05, 4.69) is 37.6 Å². The number of rotatable bonds is 5. The second-order valence-corrected chi connectivity index (χ2v) is 8.91. The van der Waals surface area contributed by atoms with Gasteiger partial charge in [0.25, 0.3) is 5.91 Å². The Hall–Kier alpha value is -2.34. The van der Waals surface area contributed by atoms with E-state index in [0.29, 0.717) is 13.1 Å². The number of ether oxygens (including phenoxy) is 1. The van der Waals surface area contributed by atoms with E-state index in [0.717, 1.165) is 43.5 Å². The molecule has 0 atom stereocenters. The second kappa shape index (κ2) is 8.99. The molecule has 1 fully saturated rings. The Kier molecular flexibility index (Phi) is 6.63. The summed E-state index contributed by atoms with van der Waals surface area (Å²) in [7, 11) is 0. The van der Waals surface area contributed by atoms with Gasteiger partial charge in [0.2, 0.25) is 5.89 Å². The zero-order valence-electron chi connectivity index (χ0n) is 18.3. The minimum atomic E-state index is -0.0384. The Morgan fingerprint density at radius 3 is 2.62 bits per heavy atom. The molecule has 0 radical (unpaired) electrons. The van der Waals surface area contributed by atoms with Crippen molar-refractivity contribution in [3.8, 4) is 5.75 Å². The number of oxazole rings is 1. The lowest BCUT2D eigenvalue weighted by Crippen LogP contribution is -2.38. The van der Waals surface area contributed by atoms with Gasteiger partial charge < -0.3 is 14.1 Å². The highest BCUT2D eigenvalue weighted by Crippen LogP contribution is 2.23. The third kappa shape index (κ3) is 5.82. The van der Waals surface area contributed by atoms with Gasteiger partial charge in [-0.1, -0.05) is 26.8 Å². The fourth-order valence-corrected chi connectivity index (χ4v) is 3.34. The number of hydrogen-bond donors (Lipinski definition) is 0. The maximum absolute atomic E-state index is 12.6. The molecule has 0 aliphatic carbocycles. The Balaban J connectivity index is 1.49. The van der Waals surface area contributed by atoms with E-state index in [-0.39, 0.29) is 17.9 Å². The van der Waals surface area contributed by atoms with Crippen molar-refractivity contribution in [2.75, 3.05) is 32.8 Å². The number of benzene rings is 1. The number of carbonyl (C=O) groups is 1. The van der Waals surface area contributed by atoms with Crippen LogP contribution in [0.1, 0.15) is 50.0 Å². The molecule has 1 aromatic heterocycles. The van der Waals surface area contributed by atoms with Crippen LogP contribution in [0.5, 0.6) is 5.75 Å². The Morgan fingerprint density at radius 2 is 1.93 bits per heavy atom. The van der Waals surface area contributed by atoms with Crippen LogP contribution in [0, 0.1) is 13.8 Å². The number of nitrogens with zero attached hydrogens (tertiary/aromatic N) is 3. The van der Waals surface area contributed by atoms with E-state index >= 15 is 0 Å². The van der Waals surface area contributed by atoms with E-state index in [1.807, 2.05) is 36.2 Å². The monoisotopic (exact) mass is 399 g/mol. The minimum Gasteiger partial charge on any atom is -0.484 e. The molecule has 1 aliphatic heterocycles. The van der Waals surface area contributed by atoms with Gasteiger partial charge in [0.05, 0.1) is 12.7 Å². The predicted molar refractivity (Wildman–Crippen MR) is 113 cm³/mol. The first-order valence-corrected chi connectivity index (χ1v) is 10.4. The van der Waals surface area contributed by atoms with Gasteiger partial charge in [-0.2, -0.15) is 0 Å². The highest BCUT2D eigenvalue weighted by atomic mass is 16.5. The lowest BCUT2D eigenvalue weighted by Gasteiger charge is -2.21. The summed E-state index contributed by atoms with van der Waals surface area (Å²) in [6.45, 7) is 14.4. The summed E-state index contributed by atoms with van der Waals surface area (Å²) >= 11 is 0. The van der Waals surface area contributed by atoms with Gasteiger partial charge in [0.1, 0.15) is 11.5 Å². The molecule has 1 aromatic carbocycles. The van der Waals surface area contributed by atoms with Gasteiger partial charge in [-0.25, -0.2) is 4.98 Å². The number of carbonyl (C=O) groups excluding carboxylic acids is 1. The van der Waals surface area contributed by atoms with Crippen molar-refractivity contribution in [3.63, 3.8) is 0 Å². The molecule has 6 heteroatoms. The number of aromatic nitrogens is 1. The van der Waals surface area contributed by atoms with E-state index in [9.17, 15) is 4.79 Å². The van der Waals surface area contributed by atoms with Crippen LogP contribution in [0.3, 0.4) is 0 Å². The topological polar surface area (TPSA) is 58.8 Å². The summed E-state index contributed by atoms with van der Waals surface area (Å²) < 4.78 is 11.6. The molecule has 0 saturated carbocycles. The van der Waals surface area contributed by atoms with Crippen molar-refractivity contribution in [3.05, 3.63) is 47.2 Å². The molecule has 2 aromatic rings. The first-order valence-electron chi connectivity index (χ1n) is 10.4. The molecule has 0 N–H and O–H groups in total. The largest absolute Gasteiger partial charge is 0.484 e. The van der Waals surface area contributed by atoms with Crippen molar-refractivity contribution >= 4 is 5.91 Å². The standard InChI is InChI=1S/C23H33N3O3/c1-17-7-8-19(13-18(17)2)28-16-22(27)26-10-6-9-25(11-12-26)15-21-24-14-20(29-21)23(3,4)5/h7-8,13-14H,6,9-12,15-16H2,1-5H3. The fourth-order valence-electron chi connectivity index (χ4n) is 3.34. The van der Waals surface area contributed by atoms with Crippen LogP contribution in [0.15, 0.2) is 28.8 Å². The normalized spacial score (nSPS) is 16.0. The number of amides is 1. The Bertz CT molecular complexity index is 838. The number of hydrogen-bond acceptors (Lipinski definition) is 5. The minimum absolute atomic E-state index is 0.0382. The maximum atomic E-state index is 12.6. The van der Waals surface area contributed by atoms with Gasteiger partial charge in [-0.15, -0.1) is 0 Å². The average Bonchev–Trinajstić information content (AvgIpc) is 3.01. The zero-order valence-corrected chi connectivity index (χ0v) is 18.3. The van der Waals surface area contributed by atoms with E-state index in [4.69, 9.17) is 9.15 Å². The first kappa shape index (κ1) is 21.4. The Morgan fingerprint density at radius 1 is 1.14 bits per heavy atom. The Labute approximate surface area is 173 Å². The third-order valence-electron chi connectivity index (χ3n) is 5.43. The van der Waals surface area contributed by atoms with Crippen molar-refractivity contribution in [1.29, 1.82) is 0 Å². The molecular weight excluding hydrogens is 366 g/mol. The van der Waals surface area contributed by atoms with Gasteiger partial charge in [0, 0.05) is 31.6 Å². The van der Waals surface area contributed by atoms with Crippen molar-refractivity contribution in [2.45, 2.75) is 53.0 Å². The molecule has 6 nitrogen and oxygen atoms in total. The smallest absolute Gasteiger partial charge is 0.260 e. The summed E-state index contributed by atoms with van der Waals surface area (Å²) in [4.78, 5) is 21.2. The van der Waals surface area contributed by atoms with E-state index < -0.39 is 0 Å². The molecule has 0 bridgehead atoms. The second-order valence-electron chi connectivity index (χ2n) is 8.91. The van der Waals surface area contributed by atoms with Crippen LogP contribution in [0.2, 0.25) is 0 Å². The quantitative estimate of drug-likeness (QED) is 0.767. The van der Waals surface area contributed by atoms with Crippen LogP contribution in [-0.2, 0) is 16.8 Å². The first-order chi connectivity index (χ1) is 13.7. The van der Waals surface area contributed by atoms with Crippen molar-refractivity contribution in [1.82, 2.24) is 14.8 Å². The summed E-state index contributed by atoms with van der Waals surface area (Å²) in [5.74, 6) is 2.43. The van der Waals surface area contributed by atoms with Crippen LogP contribution >= 0.6 is 0 Å². The van der Waals surface area contributed by atoms with Crippen molar-refractivity contribution in [2.24, 2.45) is 0 Å². The summed E-state index contributed by atoms with van der Waals surface area (Å²) in [6, 6.07) is 5.92. The lowest BCUT2D eigenvalue weighted by molar-refractivity contribution is -0.133. The maximum Gasteiger partial charge on any atom is 0.260 e. The lowest BCUT2D eigenvalue weighted by atomic mass is 9.94. The molecule has 1 saturated heterocycles. The zero-order chi connectivity index (χ0) is 21.0. The molecule has 1 amide bonds. The molecular formula is C23H33N3O3. The van der Waals surface area contributed by atoms with Gasteiger partial charge in [0.15, 0.2) is 6.61 Å². The van der Waals surface area contributed by atoms with Crippen molar-refractivity contribution < 1.29 is 13.9 Å². The molecule has 158 valence electrons. The average molecular weight is 400 g/mol. The van der Waals surface area contributed by atoms with Gasteiger partial charge in [-0.05, 0) is 43.5 Å². The summed E-state index contributed by atoms with van der Waals surface area (Å²) in [5, 5.41) is 0. The van der Waals surface area contributed by atoms with Crippen LogP contribution in [-0.4, -0.2) is 53.5 Å². The SMILES string of the molecule is Cc1ccc(OCC(=O)N2CCCN(Cc3ncc(C(C)(C)C)o3)CC2)cc1C.